The van der Waals surface area contributed by atoms with Crippen LogP contribution in [0.2, 0.25) is 0 Å². The minimum absolute atomic E-state index is 0.275. The molecule has 1 aliphatic heterocycles. The van der Waals surface area contributed by atoms with Gasteiger partial charge in [-0.2, -0.15) is 4.98 Å². The predicted molar refractivity (Wildman–Crippen MR) is 141 cm³/mol. The van der Waals surface area contributed by atoms with Crippen LogP contribution in [0.15, 0.2) is 72.8 Å². The second-order valence-corrected chi connectivity index (χ2v) is 8.92. The number of carboxylic acids is 1. The van der Waals surface area contributed by atoms with Crippen LogP contribution in [0.25, 0.3) is 22.0 Å². The summed E-state index contributed by atoms with van der Waals surface area (Å²) in [5.41, 5.74) is 9.42. The van der Waals surface area contributed by atoms with Gasteiger partial charge in [0.1, 0.15) is 11.9 Å². The largest absolute Gasteiger partial charge is 0.480 e. The summed E-state index contributed by atoms with van der Waals surface area (Å²) in [5, 5.41) is 14.9. The van der Waals surface area contributed by atoms with Gasteiger partial charge in [-0.25, -0.2) is 4.98 Å². The number of hydrogen-bond donors (Lipinski definition) is 3. The molecule has 0 amide bonds. The SMILES string of the molecule is NC(Cc1ccc(-c2cc(N3CCOCC3)nc(NCc3ccc4ccccc4c3)n2)cc1)C(=O)O. The van der Waals surface area contributed by atoms with Crippen molar-refractivity contribution >= 4 is 28.5 Å². The first kappa shape index (κ1) is 23.7. The molecule has 1 unspecified atom stereocenters. The molecule has 1 aliphatic rings. The number of ether oxygens (including phenoxy) is 1. The molecule has 1 saturated heterocycles. The lowest BCUT2D eigenvalue weighted by molar-refractivity contribution is -0.138. The first-order valence-corrected chi connectivity index (χ1v) is 12.1. The van der Waals surface area contributed by atoms with Crippen molar-refractivity contribution in [1.29, 1.82) is 0 Å². The lowest BCUT2D eigenvalue weighted by atomic mass is 10.0. The van der Waals surface area contributed by atoms with E-state index in [1.807, 2.05) is 42.5 Å². The van der Waals surface area contributed by atoms with Gasteiger partial charge in [-0.15, -0.1) is 0 Å². The first-order chi connectivity index (χ1) is 17.5. The maximum atomic E-state index is 11.1. The fourth-order valence-corrected chi connectivity index (χ4v) is 4.30. The van der Waals surface area contributed by atoms with Crippen LogP contribution < -0.4 is 16.0 Å². The van der Waals surface area contributed by atoms with Crippen LogP contribution in [-0.2, 0) is 22.5 Å². The molecule has 36 heavy (non-hydrogen) atoms. The number of morpholine rings is 1. The molecular weight excluding hydrogens is 454 g/mol. The monoisotopic (exact) mass is 483 g/mol. The molecule has 1 atom stereocenters. The van der Waals surface area contributed by atoms with Gasteiger partial charge in [0.15, 0.2) is 0 Å². The number of anilines is 2. The van der Waals surface area contributed by atoms with Crippen molar-refractivity contribution in [3.8, 4) is 11.3 Å². The van der Waals surface area contributed by atoms with E-state index in [0.717, 1.165) is 41.3 Å². The average molecular weight is 484 g/mol. The van der Waals surface area contributed by atoms with E-state index in [-0.39, 0.29) is 6.42 Å². The quantitative estimate of drug-likeness (QED) is 0.348. The number of carbonyl (C=O) groups is 1. The van der Waals surface area contributed by atoms with E-state index in [0.29, 0.717) is 25.7 Å². The highest BCUT2D eigenvalue weighted by Gasteiger charge is 2.17. The standard InChI is InChI=1S/C28H29N5O3/c29-24(27(34)35)16-19-5-9-22(10-6-19)25-17-26(33-11-13-36-14-12-33)32-28(31-25)30-18-20-7-8-21-3-1-2-4-23(21)15-20/h1-10,15,17,24H,11-14,16,18,29H2,(H,34,35)(H,30,31,32). The molecule has 8 nitrogen and oxygen atoms in total. The number of carboxylic acid groups (broad SMARTS) is 1. The number of aromatic nitrogens is 2. The van der Waals surface area contributed by atoms with Gasteiger partial charge in [0.2, 0.25) is 5.95 Å². The van der Waals surface area contributed by atoms with Crippen molar-refractivity contribution in [3.05, 3.63) is 83.9 Å². The zero-order valence-corrected chi connectivity index (χ0v) is 19.9. The predicted octanol–water partition coefficient (Wildman–Crippen LogP) is 3.70. The van der Waals surface area contributed by atoms with E-state index in [2.05, 4.69) is 40.5 Å². The molecule has 0 aliphatic carbocycles. The minimum atomic E-state index is -1.01. The van der Waals surface area contributed by atoms with Gasteiger partial charge in [0.05, 0.1) is 18.9 Å². The molecule has 5 rings (SSSR count). The third-order valence-electron chi connectivity index (χ3n) is 6.33. The molecule has 4 N–H and O–H groups in total. The highest BCUT2D eigenvalue weighted by molar-refractivity contribution is 5.83. The van der Waals surface area contributed by atoms with E-state index >= 15 is 0 Å². The normalized spacial score (nSPS) is 14.5. The number of nitrogens with one attached hydrogen (secondary N) is 1. The molecule has 0 spiro atoms. The second kappa shape index (κ2) is 10.7. The first-order valence-electron chi connectivity index (χ1n) is 12.1. The highest BCUT2D eigenvalue weighted by Crippen LogP contribution is 2.25. The third kappa shape index (κ3) is 5.62. The molecule has 0 saturated carbocycles. The number of hydrogen-bond acceptors (Lipinski definition) is 7. The van der Waals surface area contributed by atoms with Crippen molar-refractivity contribution in [3.63, 3.8) is 0 Å². The summed E-state index contributed by atoms with van der Waals surface area (Å²) in [6, 6.07) is 23.5. The van der Waals surface area contributed by atoms with E-state index < -0.39 is 12.0 Å². The highest BCUT2D eigenvalue weighted by atomic mass is 16.5. The lowest BCUT2D eigenvalue weighted by Gasteiger charge is -2.28. The maximum Gasteiger partial charge on any atom is 0.320 e. The Morgan fingerprint density at radius 1 is 0.972 bits per heavy atom. The fraction of sp³-hybridized carbons (Fsp3) is 0.250. The number of aliphatic carboxylic acids is 1. The molecular formula is C28H29N5O3. The van der Waals surface area contributed by atoms with Gasteiger partial charge in [-0.05, 0) is 34.4 Å². The number of fused-ring (bicyclic) bond motifs is 1. The van der Waals surface area contributed by atoms with Crippen LogP contribution in [0.3, 0.4) is 0 Å². The lowest BCUT2D eigenvalue weighted by Crippen LogP contribution is -2.36. The number of nitrogens with zero attached hydrogens (tertiary/aromatic N) is 3. The van der Waals surface area contributed by atoms with Crippen LogP contribution in [-0.4, -0.2) is 53.4 Å². The molecule has 1 fully saturated rings. The number of benzene rings is 3. The van der Waals surface area contributed by atoms with Gasteiger partial charge < -0.3 is 25.8 Å². The van der Waals surface area contributed by atoms with Crippen LogP contribution >= 0.6 is 0 Å². The van der Waals surface area contributed by atoms with Crippen molar-refractivity contribution in [2.45, 2.75) is 19.0 Å². The molecule has 8 heteroatoms. The van der Waals surface area contributed by atoms with E-state index in [1.165, 1.54) is 10.8 Å². The Bertz CT molecular complexity index is 1350. The van der Waals surface area contributed by atoms with Crippen LogP contribution in [0.4, 0.5) is 11.8 Å². The summed E-state index contributed by atoms with van der Waals surface area (Å²) in [6.45, 7) is 3.47. The van der Waals surface area contributed by atoms with Crippen molar-refractivity contribution in [2.24, 2.45) is 5.73 Å². The van der Waals surface area contributed by atoms with Crippen LogP contribution in [0.5, 0.6) is 0 Å². The topological polar surface area (TPSA) is 114 Å². The van der Waals surface area contributed by atoms with Crippen LogP contribution in [0, 0.1) is 0 Å². The molecule has 184 valence electrons. The van der Waals surface area contributed by atoms with Crippen molar-refractivity contribution in [1.82, 2.24) is 9.97 Å². The molecule has 4 aromatic rings. The fourth-order valence-electron chi connectivity index (χ4n) is 4.30. The molecule has 0 radical (unpaired) electrons. The Morgan fingerprint density at radius 3 is 2.44 bits per heavy atom. The second-order valence-electron chi connectivity index (χ2n) is 8.92. The summed E-state index contributed by atoms with van der Waals surface area (Å²) in [4.78, 5) is 22.9. The van der Waals surface area contributed by atoms with Crippen molar-refractivity contribution < 1.29 is 14.6 Å². The van der Waals surface area contributed by atoms with Gasteiger partial charge in [-0.3, -0.25) is 4.79 Å². The zero-order chi connectivity index (χ0) is 24.9. The van der Waals surface area contributed by atoms with E-state index in [4.69, 9.17) is 25.5 Å². The Hall–Kier alpha value is -4.01. The average Bonchev–Trinajstić information content (AvgIpc) is 2.92. The summed E-state index contributed by atoms with van der Waals surface area (Å²) < 4.78 is 5.52. The summed E-state index contributed by atoms with van der Waals surface area (Å²) >= 11 is 0. The summed E-state index contributed by atoms with van der Waals surface area (Å²) in [7, 11) is 0. The Balaban J connectivity index is 1.40. The maximum absolute atomic E-state index is 11.1. The van der Waals surface area contributed by atoms with Crippen molar-refractivity contribution in [2.75, 3.05) is 36.5 Å². The third-order valence-corrected chi connectivity index (χ3v) is 6.33. The van der Waals surface area contributed by atoms with E-state index in [9.17, 15) is 4.79 Å². The Labute approximate surface area is 209 Å². The van der Waals surface area contributed by atoms with Gasteiger partial charge in [0.25, 0.3) is 0 Å². The molecule has 0 bridgehead atoms. The zero-order valence-electron chi connectivity index (χ0n) is 19.9. The van der Waals surface area contributed by atoms with E-state index in [1.54, 1.807) is 0 Å². The Kier molecular flexibility index (Phi) is 7.06. The summed E-state index contributed by atoms with van der Waals surface area (Å²) in [6.07, 6.45) is 0.275. The summed E-state index contributed by atoms with van der Waals surface area (Å²) in [5.74, 6) is 0.396. The number of nitrogens with two attached hydrogens (primary N) is 1. The molecule has 3 aromatic carbocycles. The van der Waals surface area contributed by atoms with Gasteiger partial charge in [-0.1, -0.05) is 60.7 Å². The Morgan fingerprint density at radius 2 is 1.69 bits per heavy atom. The van der Waals surface area contributed by atoms with Gasteiger partial charge >= 0.3 is 5.97 Å². The number of rotatable bonds is 8. The van der Waals surface area contributed by atoms with Gasteiger partial charge in [0, 0.05) is 31.3 Å². The minimum Gasteiger partial charge on any atom is -0.480 e. The van der Waals surface area contributed by atoms with Crippen LogP contribution in [0.1, 0.15) is 11.1 Å². The smallest absolute Gasteiger partial charge is 0.320 e. The molecule has 1 aromatic heterocycles. The molecule has 2 heterocycles.